The Morgan fingerprint density at radius 1 is 0.541 bits per heavy atom. The third-order valence-electron chi connectivity index (χ3n) is 8.52. The normalized spacial score (nSPS) is 10.3. The molecule has 5 aromatic carbocycles. The van der Waals surface area contributed by atoms with Crippen LogP contribution in [0.1, 0.15) is 55.5 Å². The third-order valence-corrected chi connectivity index (χ3v) is 8.52. The van der Waals surface area contributed by atoms with E-state index >= 15 is 0 Å². The summed E-state index contributed by atoms with van der Waals surface area (Å²) in [5, 5.41) is 17.0. The van der Waals surface area contributed by atoms with E-state index in [1.807, 2.05) is 42.5 Å². The first kappa shape index (κ1) is 46.2. The van der Waals surface area contributed by atoms with Gasteiger partial charge in [0, 0.05) is 11.1 Å². The van der Waals surface area contributed by atoms with Crippen LogP contribution in [-0.4, -0.2) is 51.4 Å². The third kappa shape index (κ3) is 16.7. The van der Waals surface area contributed by atoms with E-state index in [0.717, 1.165) is 42.6 Å². The van der Waals surface area contributed by atoms with Crippen LogP contribution < -0.4 is 18.9 Å². The highest BCUT2D eigenvalue weighted by Gasteiger charge is 2.10. The van der Waals surface area contributed by atoms with Crippen molar-refractivity contribution in [3.63, 3.8) is 0 Å². The molecule has 0 aliphatic rings. The zero-order valence-corrected chi connectivity index (χ0v) is 34.6. The summed E-state index contributed by atoms with van der Waals surface area (Å²) >= 11 is 0. The number of ether oxygens (including phenoxy) is 6. The number of unbranched alkanes of at least 4 members (excludes halogenated alkanes) is 3. The number of hydrogen-bond donors (Lipinski definition) is 0. The summed E-state index contributed by atoms with van der Waals surface area (Å²) in [4.78, 5) is 35.0. The molecule has 0 aromatic heterocycles. The number of hydrogen-bond acceptors (Lipinski definition) is 12. The summed E-state index contributed by atoms with van der Waals surface area (Å²) in [5.74, 6) is 1.43. The number of azo groups is 1. The van der Waals surface area contributed by atoms with Gasteiger partial charge in [-0.3, -0.25) is 0 Å². The van der Waals surface area contributed by atoms with Gasteiger partial charge < -0.3 is 28.4 Å². The highest BCUT2D eigenvalue weighted by molar-refractivity contribution is 5.91. The van der Waals surface area contributed by atoms with Crippen LogP contribution in [-0.2, 0) is 19.1 Å². The Bertz CT molecular complexity index is 2260. The highest BCUT2D eigenvalue weighted by atomic mass is 16.6. The highest BCUT2D eigenvalue weighted by Crippen LogP contribution is 2.26. The Hall–Kier alpha value is -7.52. The zero-order valence-electron chi connectivity index (χ0n) is 34.6. The second-order valence-electron chi connectivity index (χ2n) is 13.5. The SMILES string of the molecule is C=C(C)C(=O)OCCCCCCOc1ccc(C(=O)Oc2ccc(-c3ccc(OC)cc3)cc2)cc1.C=C(C)C(=O)OCCOc1ccc(N=Nc2ccc(C#N)cc2)cc1. The fourth-order valence-corrected chi connectivity index (χ4v) is 5.13. The monoisotopic (exact) mass is 823 g/mol. The molecule has 0 saturated heterocycles. The first-order valence-electron chi connectivity index (χ1n) is 19.5. The lowest BCUT2D eigenvalue weighted by Crippen LogP contribution is -2.12. The topological polar surface area (TPSA) is 155 Å². The van der Waals surface area contributed by atoms with Crippen LogP contribution in [0.2, 0.25) is 0 Å². The van der Waals surface area contributed by atoms with E-state index in [4.69, 9.17) is 33.7 Å². The van der Waals surface area contributed by atoms with Crippen LogP contribution in [0.4, 0.5) is 11.4 Å². The Morgan fingerprint density at radius 2 is 0.984 bits per heavy atom. The molecular weight excluding hydrogens is 775 g/mol. The predicted molar refractivity (Wildman–Crippen MR) is 233 cm³/mol. The van der Waals surface area contributed by atoms with Crippen molar-refractivity contribution < 1.29 is 42.8 Å². The molecule has 0 unspecified atom stereocenters. The summed E-state index contributed by atoms with van der Waals surface area (Å²) in [7, 11) is 1.64. The average Bonchev–Trinajstić information content (AvgIpc) is 3.29. The van der Waals surface area contributed by atoms with Crippen LogP contribution in [0.3, 0.4) is 0 Å². The van der Waals surface area contributed by atoms with Crippen molar-refractivity contribution in [1.29, 1.82) is 5.26 Å². The van der Waals surface area contributed by atoms with E-state index in [0.29, 0.717) is 64.1 Å². The number of methoxy groups -OCH3 is 1. The molecule has 5 rings (SSSR count). The molecule has 0 amide bonds. The van der Waals surface area contributed by atoms with E-state index in [-0.39, 0.29) is 19.2 Å². The van der Waals surface area contributed by atoms with E-state index in [1.54, 1.807) is 106 Å². The lowest BCUT2D eigenvalue weighted by molar-refractivity contribution is -0.140. The number of nitriles is 1. The van der Waals surface area contributed by atoms with Gasteiger partial charge in [-0.1, -0.05) is 37.4 Å². The number of carbonyl (C=O) groups is 3. The first-order valence-corrected chi connectivity index (χ1v) is 19.5. The maximum atomic E-state index is 12.5. The van der Waals surface area contributed by atoms with Crippen molar-refractivity contribution in [3.8, 4) is 40.2 Å². The van der Waals surface area contributed by atoms with Crippen LogP contribution >= 0.6 is 0 Å². The second-order valence-corrected chi connectivity index (χ2v) is 13.5. The van der Waals surface area contributed by atoms with Gasteiger partial charge in [0.25, 0.3) is 0 Å². The maximum absolute atomic E-state index is 12.5. The molecule has 0 aliphatic heterocycles. The molecule has 314 valence electrons. The summed E-state index contributed by atoms with van der Waals surface area (Å²) in [5.41, 5.74) is 5.21. The van der Waals surface area contributed by atoms with Gasteiger partial charge in [-0.05, 0) is 148 Å². The molecule has 0 radical (unpaired) electrons. The van der Waals surface area contributed by atoms with Gasteiger partial charge >= 0.3 is 17.9 Å². The lowest BCUT2D eigenvalue weighted by Gasteiger charge is -2.09. The van der Waals surface area contributed by atoms with E-state index in [1.165, 1.54) is 0 Å². The summed E-state index contributed by atoms with van der Waals surface area (Å²) in [6.45, 7) is 11.7. The molecule has 0 aliphatic carbocycles. The van der Waals surface area contributed by atoms with Crippen molar-refractivity contribution in [1.82, 2.24) is 0 Å². The standard InChI is InChI=1S/C30H32O6.C19H17N3O3/c1-22(2)29(31)35-21-7-5-4-6-20-34-27-16-12-25(13-17-27)30(32)36-28-18-10-24(11-19-28)23-8-14-26(33-3)15-9-23;1-14(2)19(23)25-12-11-24-18-9-7-17(8-10-18)22-21-16-5-3-15(13-20)4-6-16/h8-19H,1,4-7,20-21H2,2-3H3;3-10H,1,11-12H2,2H3. The molecule has 0 atom stereocenters. The van der Waals surface area contributed by atoms with Gasteiger partial charge in [0.1, 0.15) is 36.2 Å². The minimum absolute atomic E-state index is 0.159. The van der Waals surface area contributed by atoms with E-state index in [2.05, 4.69) is 23.4 Å². The average molecular weight is 824 g/mol. The Kier molecular flexibility index (Phi) is 19.0. The smallest absolute Gasteiger partial charge is 0.343 e. The number of nitrogens with zero attached hydrogens (tertiary/aromatic N) is 3. The van der Waals surface area contributed by atoms with Crippen molar-refractivity contribution in [2.75, 3.05) is 33.5 Å². The molecule has 12 heteroatoms. The molecule has 0 bridgehead atoms. The van der Waals surface area contributed by atoms with Gasteiger partial charge in [0.05, 0.1) is 48.9 Å². The van der Waals surface area contributed by atoms with Crippen LogP contribution in [0.15, 0.2) is 156 Å². The summed E-state index contributed by atoms with van der Waals surface area (Å²) < 4.78 is 31.9. The molecule has 0 N–H and O–H groups in total. The largest absolute Gasteiger partial charge is 0.497 e. The van der Waals surface area contributed by atoms with Crippen molar-refractivity contribution in [2.45, 2.75) is 39.5 Å². The number of carbonyl (C=O) groups excluding carboxylic acids is 3. The molecule has 0 saturated carbocycles. The predicted octanol–water partition coefficient (Wildman–Crippen LogP) is 11.1. The van der Waals surface area contributed by atoms with Gasteiger partial charge in [-0.15, -0.1) is 0 Å². The van der Waals surface area contributed by atoms with Gasteiger partial charge in [-0.2, -0.15) is 15.5 Å². The molecule has 5 aromatic rings. The minimum Gasteiger partial charge on any atom is -0.497 e. The van der Waals surface area contributed by atoms with Crippen LogP contribution in [0.25, 0.3) is 11.1 Å². The van der Waals surface area contributed by atoms with E-state index < -0.39 is 11.9 Å². The lowest BCUT2D eigenvalue weighted by atomic mass is 10.1. The molecule has 0 heterocycles. The van der Waals surface area contributed by atoms with Crippen molar-refractivity contribution in [3.05, 3.63) is 157 Å². The molecular formula is C49H49N3O9. The van der Waals surface area contributed by atoms with Crippen molar-refractivity contribution in [2.24, 2.45) is 10.2 Å². The quantitative estimate of drug-likeness (QED) is 0.0243. The zero-order chi connectivity index (χ0) is 43.8. The Labute approximate surface area is 356 Å². The summed E-state index contributed by atoms with van der Waals surface area (Å²) in [6.07, 6.45) is 3.65. The first-order chi connectivity index (χ1) is 29.5. The minimum atomic E-state index is -0.429. The fourth-order valence-electron chi connectivity index (χ4n) is 5.13. The van der Waals surface area contributed by atoms with Gasteiger partial charge in [0.2, 0.25) is 0 Å². The van der Waals surface area contributed by atoms with Crippen LogP contribution in [0, 0.1) is 11.3 Å². The molecule has 0 spiro atoms. The van der Waals surface area contributed by atoms with Gasteiger partial charge in [0.15, 0.2) is 0 Å². The summed E-state index contributed by atoms with van der Waals surface area (Å²) in [6, 6.07) is 38.0. The Balaban J connectivity index is 0.000000287. The Morgan fingerprint density at radius 3 is 1.49 bits per heavy atom. The number of esters is 3. The molecule has 12 nitrogen and oxygen atoms in total. The van der Waals surface area contributed by atoms with Gasteiger partial charge in [-0.25, -0.2) is 14.4 Å². The molecule has 0 fully saturated rings. The fraction of sp³-hybridized carbons (Fsp3) is 0.224. The number of benzene rings is 5. The van der Waals surface area contributed by atoms with Crippen molar-refractivity contribution >= 4 is 29.3 Å². The maximum Gasteiger partial charge on any atom is 0.343 e. The molecule has 61 heavy (non-hydrogen) atoms. The number of rotatable bonds is 20. The second kappa shape index (κ2) is 25.1. The van der Waals surface area contributed by atoms with Crippen LogP contribution in [0.5, 0.6) is 23.0 Å². The van der Waals surface area contributed by atoms with E-state index in [9.17, 15) is 14.4 Å².